The number of carbonyl (C=O) groups excluding carboxylic acids is 1. The normalized spacial score (nSPS) is 11.1. The van der Waals surface area contributed by atoms with Crippen molar-refractivity contribution >= 4 is 57.3 Å². The molecule has 0 aliphatic carbocycles. The van der Waals surface area contributed by atoms with Crippen molar-refractivity contribution in [2.24, 2.45) is 5.10 Å². The van der Waals surface area contributed by atoms with E-state index in [9.17, 15) is 4.79 Å². The SMILES string of the molecule is CCOc1ccc2oc(C(=O)N/N=C/c3cc(I)c(OCc4ccccc4Cl)c(OCC)c3)cc2c1. The van der Waals surface area contributed by atoms with Crippen LogP contribution in [0.15, 0.2) is 70.2 Å². The molecule has 0 radical (unpaired) electrons. The highest BCUT2D eigenvalue weighted by molar-refractivity contribution is 14.1. The maximum Gasteiger partial charge on any atom is 0.307 e. The fourth-order valence-corrected chi connectivity index (χ4v) is 4.41. The van der Waals surface area contributed by atoms with Gasteiger partial charge in [-0.15, -0.1) is 0 Å². The number of halogens is 2. The van der Waals surface area contributed by atoms with Gasteiger partial charge >= 0.3 is 5.91 Å². The molecule has 0 saturated heterocycles. The molecule has 36 heavy (non-hydrogen) atoms. The minimum absolute atomic E-state index is 0.156. The molecule has 9 heteroatoms. The Bertz CT molecular complexity index is 1400. The van der Waals surface area contributed by atoms with E-state index in [1.165, 1.54) is 6.21 Å². The maximum atomic E-state index is 12.5. The summed E-state index contributed by atoms with van der Waals surface area (Å²) in [4.78, 5) is 12.5. The Balaban J connectivity index is 1.46. The molecule has 0 bridgehead atoms. The topological polar surface area (TPSA) is 82.3 Å². The summed E-state index contributed by atoms with van der Waals surface area (Å²) in [6.07, 6.45) is 1.54. The van der Waals surface area contributed by atoms with E-state index in [2.05, 4.69) is 33.1 Å². The van der Waals surface area contributed by atoms with Crippen LogP contribution < -0.4 is 19.6 Å². The summed E-state index contributed by atoms with van der Waals surface area (Å²) in [7, 11) is 0. The predicted molar refractivity (Wildman–Crippen MR) is 149 cm³/mol. The van der Waals surface area contributed by atoms with Crippen molar-refractivity contribution < 1.29 is 23.4 Å². The van der Waals surface area contributed by atoms with Gasteiger partial charge in [0.1, 0.15) is 17.9 Å². The van der Waals surface area contributed by atoms with Gasteiger partial charge in [-0.3, -0.25) is 4.79 Å². The largest absolute Gasteiger partial charge is 0.494 e. The molecule has 1 aromatic heterocycles. The number of furan rings is 1. The number of nitrogens with zero attached hydrogens (tertiary/aromatic N) is 1. The molecular formula is C27H24ClIN2O5. The fourth-order valence-electron chi connectivity index (χ4n) is 3.44. The number of fused-ring (bicyclic) bond motifs is 1. The number of rotatable bonds is 10. The molecule has 7 nitrogen and oxygen atoms in total. The Hall–Kier alpha value is -3.24. The van der Waals surface area contributed by atoms with Crippen LogP contribution in [0.5, 0.6) is 17.2 Å². The summed E-state index contributed by atoms with van der Waals surface area (Å²) in [5.74, 6) is 1.61. The van der Waals surface area contributed by atoms with E-state index in [1.54, 1.807) is 24.3 Å². The molecule has 3 aromatic carbocycles. The summed E-state index contributed by atoms with van der Waals surface area (Å²) in [5, 5.41) is 5.50. The second kappa shape index (κ2) is 12.1. The molecule has 0 fully saturated rings. The van der Waals surface area contributed by atoms with Gasteiger partial charge in [0.2, 0.25) is 0 Å². The third-order valence-electron chi connectivity index (χ3n) is 5.06. The first-order valence-corrected chi connectivity index (χ1v) is 12.8. The zero-order chi connectivity index (χ0) is 25.5. The van der Waals surface area contributed by atoms with E-state index in [-0.39, 0.29) is 5.76 Å². The second-order valence-electron chi connectivity index (χ2n) is 7.59. The maximum absolute atomic E-state index is 12.5. The summed E-state index contributed by atoms with van der Waals surface area (Å²) in [6, 6.07) is 18.3. The number of hydrogen-bond acceptors (Lipinski definition) is 6. The van der Waals surface area contributed by atoms with Crippen LogP contribution in [0.25, 0.3) is 11.0 Å². The average molecular weight is 619 g/mol. The van der Waals surface area contributed by atoms with E-state index in [0.29, 0.717) is 41.9 Å². The van der Waals surface area contributed by atoms with Crippen molar-refractivity contribution in [2.45, 2.75) is 20.5 Å². The Labute approximate surface area is 227 Å². The van der Waals surface area contributed by atoms with Gasteiger partial charge in [-0.25, -0.2) is 5.43 Å². The Morgan fingerprint density at radius 3 is 2.64 bits per heavy atom. The number of amides is 1. The molecule has 0 aliphatic rings. The van der Waals surface area contributed by atoms with E-state index in [1.807, 2.05) is 50.2 Å². The van der Waals surface area contributed by atoms with E-state index >= 15 is 0 Å². The Kier molecular flexibility index (Phi) is 8.71. The van der Waals surface area contributed by atoms with Crippen LogP contribution >= 0.6 is 34.2 Å². The van der Waals surface area contributed by atoms with Crippen molar-refractivity contribution in [1.29, 1.82) is 0 Å². The number of ether oxygens (including phenoxy) is 3. The van der Waals surface area contributed by atoms with E-state index in [4.69, 9.17) is 30.2 Å². The molecule has 0 aliphatic heterocycles. The highest BCUT2D eigenvalue weighted by Crippen LogP contribution is 2.35. The summed E-state index contributed by atoms with van der Waals surface area (Å²) < 4.78 is 23.8. The molecule has 4 aromatic rings. The molecule has 0 saturated carbocycles. The molecule has 0 unspecified atom stereocenters. The van der Waals surface area contributed by atoms with Gasteiger partial charge in [0.25, 0.3) is 0 Å². The minimum atomic E-state index is -0.458. The van der Waals surface area contributed by atoms with Crippen molar-refractivity contribution in [3.63, 3.8) is 0 Å². The van der Waals surface area contributed by atoms with Gasteiger partial charge in [-0.2, -0.15) is 5.10 Å². The molecular weight excluding hydrogens is 595 g/mol. The van der Waals surface area contributed by atoms with Crippen molar-refractivity contribution in [1.82, 2.24) is 5.43 Å². The third-order valence-corrected chi connectivity index (χ3v) is 6.23. The van der Waals surface area contributed by atoms with Gasteiger partial charge in [-0.05, 0) is 84.5 Å². The molecule has 186 valence electrons. The van der Waals surface area contributed by atoms with Crippen LogP contribution in [0.4, 0.5) is 0 Å². The summed E-state index contributed by atoms with van der Waals surface area (Å²) in [6.45, 7) is 5.14. The molecule has 4 rings (SSSR count). The van der Waals surface area contributed by atoms with Crippen LogP contribution in [0, 0.1) is 3.57 Å². The molecule has 0 spiro atoms. The number of hydrogen-bond donors (Lipinski definition) is 1. The Morgan fingerprint density at radius 2 is 1.86 bits per heavy atom. The van der Waals surface area contributed by atoms with Gasteiger partial charge in [0.15, 0.2) is 17.3 Å². The lowest BCUT2D eigenvalue weighted by molar-refractivity contribution is 0.0929. The van der Waals surface area contributed by atoms with E-state index < -0.39 is 5.91 Å². The first kappa shape index (κ1) is 25.8. The van der Waals surface area contributed by atoms with Crippen LogP contribution in [-0.4, -0.2) is 25.3 Å². The van der Waals surface area contributed by atoms with Crippen LogP contribution in [0.2, 0.25) is 5.02 Å². The smallest absolute Gasteiger partial charge is 0.307 e. The molecule has 0 atom stereocenters. The number of nitrogens with one attached hydrogen (secondary N) is 1. The fraction of sp³-hybridized carbons (Fsp3) is 0.185. The van der Waals surface area contributed by atoms with Crippen molar-refractivity contribution in [2.75, 3.05) is 13.2 Å². The zero-order valence-electron chi connectivity index (χ0n) is 19.7. The van der Waals surface area contributed by atoms with Crippen LogP contribution in [0.1, 0.15) is 35.5 Å². The highest BCUT2D eigenvalue weighted by Gasteiger charge is 2.14. The molecule has 1 N–H and O–H groups in total. The van der Waals surface area contributed by atoms with Crippen molar-refractivity contribution in [3.8, 4) is 17.2 Å². The average Bonchev–Trinajstić information content (AvgIpc) is 3.29. The quantitative estimate of drug-likeness (QED) is 0.120. The third kappa shape index (κ3) is 6.30. The zero-order valence-corrected chi connectivity index (χ0v) is 22.6. The lowest BCUT2D eigenvalue weighted by atomic mass is 10.2. The number of carbonyl (C=O) groups is 1. The van der Waals surface area contributed by atoms with E-state index in [0.717, 1.165) is 25.8 Å². The Morgan fingerprint density at radius 1 is 1.06 bits per heavy atom. The number of hydrazone groups is 1. The summed E-state index contributed by atoms with van der Waals surface area (Å²) in [5.41, 5.74) is 4.71. The second-order valence-corrected chi connectivity index (χ2v) is 9.15. The lowest BCUT2D eigenvalue weighted by Crippen LogP contribution is -2.16. The van der Waals surface area contributed by atoms with Gasteiger partial charge in [0.05, 0.1) is 23.0 Å². The standard InChI is InChI=1S/C27H24ClIN2O5/c1-3-33-20-9-10-23-19(13-20)14-25(36-23)27(32)31-30-15-17-11-22(29)26(24(12-17)34-4-2)35-16-18-7-5-6-8-21(18)28/h5-15H,3-4,16H2,1-2H3,(H,31,32)/b30-15+. The number of benzene rings is 3. The van der Waals surface area contributed by atoms with Crippen LogP contribution in [0.3, 0.4) is 0 Å². The monoisotopic (exact) mass is 618 g/mol. The summed E-state index contributed by atoms with van der Waals surface area (Å²) >= 11 is 8.43. The van der Waals surface area contributed by atoms with Crippen LogP contribution in [-0.2, 0) is 6.61 Å². The first-order valence-electron chi connectivity index (χ1n) is 11.3. The predicted octanol–water partition coefficient (Wildman–Crippen LogP) is 6.83. The van der Waals surface area contributed by atoms with Crippen molar-refractivity contribution in [3.05, 3.63) is 86.1 Å². The molecule has 1 amide bonds. The van der Waals surface area contributed by atoms with Gasteiger partial charge < -0.3 is 18.6 Å². The lowest BCUT2D eigenvalue weighted by Gasteiger charge is -2.15. The van der Waals surface area contributed by atoms with Gasteiger partial charge in [-0.1, -0.05) is 29.8 Å². The first-order chi connectivity index (χ1) is 17.5. The highest BCUT2D eigenvalue weighted by atomic mass is 127. The molecule has 1 heterocycles. The van der Waals surface area contributed by atoms with Gasteiger partial charge in [0, 0.05) is 16.0 Å². The minimum Gasteiger partial charge on any atom is -0.494 e.